The van der Waals surface area contributed by atoms with Gasteiger partial charge in [0, 0.05) is 17.0 Å². The molecule has 0 spiro atoms. The van der Waals surface area contributed by atoms with Gasteiger partial charge in [-0.2, -0.15) is 0 Å². The van der Waals surface area contributed by atoms with Gasteiger partial charge in [-0.25, -0.2) is 0 Å². The van der Waals surface area contributed by atoms with Crippen molar-refractivity contribution in [2.75, 3.05) is 0 Å². The van der Waals surface area contributed by atoms with E-state index in [1.807, 2.05) is 0 Å². The number of fused-ring (bicyclic) bond motifs is 5. The molecule has 0 aliphatic carbocycles. The lowest BCUT2D eigenvalue weighted by Gasteiger charge is -2.33. The van der Waals surface area contributed by atoms with Crippen molar-refractivity contribution in [2.45, 2.75) is 149 Å². The second kappa shape index (κ2) is 11.9. The summed E-state index contributed by atoms with van der Waals surface area (Å²) in [6.45, 7) is 34.0. The van der Waals surface area contributed by atoms with E-state index in [9.17, 15) is 0 Å². The molecule has 3 aliphatic rings. The van der Waals surface area contributed by atoms with Crippen LogP contribution in [0.25, 0.3) is 0 Å². The third-order valence-corrected chi connectivity index (χ3v) is 17.2. The van der Waals surface area contributed by atoms with Gasteiger partial charge >= 0.3 is 0 Å². The molecule has 5 rings (SSSR count). The average molecular weight is 601 g/mol. The minimum absolute atomic E-state index is 0.290. The number of allylic oxidation sites excluding steroid dienone is 3. The van der Waals surface area contributed by atoms with Crippen LogP contribution in [-0.4, -0.2) is 17.0 Å². The maximum atomic E-state index is 2.81. The molecule has 0 aromatic heterocycles. The van der Waals surface area contributed by atoms with E-state index in [0.29, 0.717) is 52.7 Å². The average Bonchev–Trinajstić information content (AvgIpc) is 3.53. The molecule has 1 fully saturated rings. The Bertz CT molecular complexity index is 1340. The first-order chi connectivity index (χ1) is 19.6. The molecule has 0 saturated carbocycles. The highest BCUT2D eigenvalue weighted by Gasteiger charge is 2.60. The van der Waals surface area contributed by atoms with Crippen molar-refractivity contribution in [1.82, 2.24) is 0 Å². The van der Waals surface area contributed by atoms with Gasteiger partial charge in [-0.1, -0.05) is 138 Å². The van der Waals surface area contributed by atoms with Crippen LogP contribution in [0.5, 0.6) is 0 Å². The molecule has 0 N–H and O–H groups in total. The van der Waals surface area contributed by atoms with Crippen molar-refractivity contribution >= 4 is 26.5 Å². The molecular formula is C40H58P2. The third-order valence-electron chi connectivity index (χ3n) is 10.5. The third kappa shape index (κ3) is 5.24. The maximum Gasteiger partial charge on any atom is 0.0116 e. The highest BCUT2D eigenvalue weighted by Crippen LogP contribution is 2.76. The first kappa shape index (κ1) is 32.2. The van der Waals surface area contributed by atoms with E-state index in [-0.39, 0.29) is 15.8 Å². The van der Waals surface area contributed by atoms with E-state index >= 15 is 0 Å². The lowest BCUT2D eigenvalue weighted by Crippen LogP contribution is -2.31. The number of rotatable bonds is 8. The van der Waals surface area contributed by atoms with Crippen LogP contribution in [-0.2, 0) is 0 Å². The lowest BCUT2D eigenvalue weighted by molar-refractivity contribution is 0.611. The second-order valence-electron chi connectivity index (χ2n) is 15.6. The van der Waals surface area contributed by atoms with Crippen LogP contribution in [0, 0.1) is 5.92 Å². The Hall–Kier alpha value is -1.22. The molecule has 42 heavy (non-hydrogen) atoms. The Morgan fingerprint density at radius 3 is 1.31 bits per heavy atom. The zero-order valence-corrected chi connectivity index (χ0v) is 30.9. The molecule has 1 unspecified atom stereocenters. The highest BCUT2D eigenvalue weighted by molar-refractivity contribution is 7.74. The van der Waals surface area contributed by atoms with Crippen LogP contribution in [0.3, 0.4) is 0 Å². The molecule has 3 aliphatic heterocycles. The zero-order valence-electron chi connectivity index (χ0n) is 29.1. The van der Waals surface area contributed by atoms with E-state index in [1.54, 1.807) is 44.0 Å². The summed E-state index contributed by atoms with van der Waals surface area (Å²) in [5.74, 6) is 6.86. The van der Waals surface area contributed by atoms with E-state index in [0.717, 1.165) is 5.66 Å². The van der Waals surface area contributed by atoms with Crippen LogP contribution >= 0.6 is 15.8 Å². The Kier molecular flexibility index (Phi) is 9.15. The zero-order chi connectivity index (χ0) is 30.9. The molecule has 2 bridgehead atoms. The molecular weight excluding hydrogens is 542 g/mol. The molecule has 2 heteroatoms. The molecule has 6 atom stereocenters. The van der Waals surface area contributed by atoms with Gasteiger partial charge in [-0.3, -0.25) is 0 Å². The number of hydrogen-bond acceptors (Lipinski definition) is 0. The minimum Gasteiger partial charge on any atom is -0.0765 e. The van der Waals surface area contributed by atoms with Crippen LogP contribution in [0.4, 0.5) is 0 Å². The standard InChI is InChI=1S/C40H58P2/c1-21(2)29-16-31(23(5)6)38(32(17-29)24(7)8)41-20-28(14)36-37-27(13)15-35(40(36)41)42(37)39-33(25(9)10)18-30(22(3)4)19-34(39)26(11)12/h15-26,35-37,40H,1-14H3/t35-,36-,37+,40+,41?,42-/m0/s1. The van der Waals surface area contributed by atoms with Gasteiger partial charge in [-0.15, -0.1) is 0 Å². The maximum absolute atomic E-state index is 2.81. The fraction of sp³-hybridized carbons (Fsp3) is 0.600. The normalized spacial score (nSPS) is 27.0. The van der Waals surface area contributed by atoms with Crippen LogP contribution < -0.4 is 10.6 Å². The van der Waals surface area contributed by atoms with Crippen molar-refractivity contribution in [1.29, 1.82) is 0 Å². The van der Waals surface area contributed by atoms with E-state index < -0.39 is 0 Å². The summed E-state index contributed by atoms with van der Waals surface area (Å²) in [4.78, 5) is 0. The van der Waals surface area contributed by atoms with E-state index in [1.165, 1.54) is 11.1 Å². The summed E-state index contributed by atoms with van der Waals surface area (Å²) in [5.41, 5.74) is 15.2. The first-order valence-electron chi connectivity index (χ1n) is 16.9. The predicted molar refractivity (Wildman–Crippen MR) is 193 cm³/mol. The Labute approximate surface area is 261 Å². The molecule has 3 heterocycles. The van der Waals surface area contributed by atoms with Crippen LogP contribution in [0.15, 0.2) is 47.3 Å². The van der Waals surface area contributed by atoms with Gasteiger partial charge in [0.1, 0.15) is 0 Å². The Balaban J connectivity index is 1.72. The van der Waals surface area contributed by atoms with Gasteiger partial charge in [-0.05, 0) is 107 Å². The van der Waals surface area contributed by atoms with E-state index in [4.69, 9.17) is 0 Å². The van der Waals surface area contributed by atoms with Gasteiger partial charge in [0.15, 0.2) is 0 Å². The summed E-state index contributed by atoms with van der Waals surface area (Å²) >= 11 is 0. The summed E-state index contributed by atoms with van der Waals surface area (Å²) in [5, 5.41) is 3.55. The molecule has 228 valence electrons. The van der Waals surface area contributed by atoms with Gasteiger partial charge in [0.2, 0.25) is 0 Å². The molecule has 1 saturated heterocycles. The first-order valence-corrected chi connectivity index (χ1v) is 19.9. The monoisotopic (exact) mass is 600 g/mol. The molecule has 0 nitrogen and oxygen atoms in total. The SMILES string of the molecule is CC1=CP(c2c(C(C)C)cc(C(C)C)cc2C(C)C)[C@H]2[C@@H]1[C@H]1C(C)=C[C@@H]2[P@]1c1c(C(C)C)cc(C(C)C)cc1C(C)C. The smallest absolute Gasteiger partial charge is 0.0116 e. The molecule has 2 aromatic carbocycles. The van der Waals surface area contributed by atoms with E-state index in [2.05, 4.69) is 133 Å². The highest BCUT2D eigenvalue weighted by atomic mass is 31.1. The number of benzene rings is 2. The predicted octanol–water partition coefficient (Wildman–Crippen LogP) is 12.0. The second-order valence-corrected chi connectivity index (χ2v) is 20.1. The van der Waals surface area contributed by atoms with Gasteiger partial charge < -0.3 is 0 Å². The van der Waals surface area contributed by atoms with Crippen molar-refractivity contribution in [3.63, 3.8) is 0 Å². The number of hydrogen-bond donors (Lipinski definition) is 0. The minimum atomic E-state index is -0.366. The quantitative estimate of drug-likeness (QED) is 0.209. The molecule has 0 amide bonds. The largest absolute Gasteiger partial charge is 0.0765 e. The summed E-state index contributed by atoms with van der Waals surface area (Å²) in [7, 11) is -0.655. The molecule has 2 aromatic rings. The van der Waals surface area contributed by atoms with Crippen LogP contribution in [0.1, 0.15) is 166 Å². The summed E-state index contributed by atoms with van der Waals surface area (Å²) in [6, 6.07) is 10.4. The Morgan fingerprint density at radius 1 is 0.524 bits per heavy atom. The van der Waals surface area contributed by atoms with Gasteiger partial charge in [0.05, 0.1) is 0 Å². The van der Waals surface area contributed by atoms with Crippen LogP contribution in [0.2, 0.25) is 0 Å². The van der Waals surface area contributed by atoms with Crippen molar-refractivity contribution in [2.24, 2.45) is 5.92 Å². The fourth-order valence-corrected chi connectivity index (χ4v) is 17.2. The topological polar surface area (TPSA) is 0 Å². The fourth-order valence-electron chi connectivity index (χ4n) is 8.15. The van der Waals surface area contributed by atoms with Crippen molar-refractivity contribution in [3.05, 3.63) is 80.7 Å². The van der Waals surface area contributed by atoms with Gasteiger partial charge in [0.25, 0.3) is 0 Å². The Morgan fingerprint density at radius 2 is 0.929 bits per heavy atom. The summed E-state index contributed by atoms with van der Waals surface area (Å²) < 4.78 is 0. The molecule has 0 radical (unpaired) electrons. The van der Waals surface area contributed by atoms with Crippen molar-refractivity contribution < 1.29 is 0 Å². The summed E-state index contributed by atoms with van der Waals surface area (Å²) in [6.07, 6.45) is 2.79. The van der Waals surface area contributed by atoms with Crippen molar-refractivity contribution in [3.8, 4) is 0 Å². The lowest BCUT2D eigenvalue weighted by atomic mass is 9.85.